The zero-order valence-electron chi connectivity index (χ0n) is 11.2. The highest BCUT2D eigenvalue weighted by Gasteiger charge is 2.42. The van der Waals surface area contributed by atoms with E-state index in [4.69, 9.17) is 0 Å². The minimum atomic E-state index is -4.24. The highest BCUT2D eigenvalue weighted by atomic mass is 19.4. The molecule has 0 aliphatic heterocycles. The number of rotatable bonds is 6. The molecule has 19 heavy (non-hydrogen) atoms. The third-order valence-electron chi connectivity index (χ3n) is 3.74. The molecule has 0 spiro atoms. The number of hydrogen-bond acceptors (Lipinski definition) is 1. The van der Waals surface area contributed by atoms with Crippen molar-refractivity contribution < 1.29 is 13.2 Å². The first kappa shape index (κ1) is 14.4. The molecule has 1 saturated carbocycles. The summed E-state index contributed by atoms with van der Waals surface area (Å²) in [5, 5.41) is 3.41. The molecule has 1 aliphatic rings. The molecular weight excluding hydrogens is 251 g/mol. The van der Waals surface area contributed by atoms with E-state index in [1.165, 1.54) is 25.0 Å². The van der Waals surface area contributed by atoms with Crippen LogP contribution in [0.15, 0.2) is 24.3 Å². The van der Waals surface area contributed by atoms with Gasteiger partial charge in [0.25, 0.3) is 0 Å². The normalized spacial score (nSPS) is 17.5. The Morgan fingerprint density at radius 1 is 1.16 bits per heavy atom. The van der Waals surface area contributed by atoms with Gasteiger partial charge >= 0.3 is 6.18 Å². The molecule has 0 bridgehead atoms. The van der Waals surface area contributed by atoms with Crippen LogP contribution in [-0.2, 0) is 12.6 Å². The Hall–Kier alpha value is -1.03. The van der Waals surface area contributed by atoms with Crippen LogP contribution in [0.2, 0.25) is 0 Å². The van der Waals surface area contributed by atoms with Gasteiger partial charge in [-0.25, -0.2) is 0 Å². The Balaban J connectivity index is 1.93. The summed E-state index contributed by atoms with van der Waals surface area (Å²) in [6.45, 7) is 4.11. The van der Waals surface area contributed by atoms with Crippen LogP contribution in [-0.4, -0.2) is 13.1 Å². The maximum absolute atomic E-state index is 12.5. The number of benzene rings is 1. The van der Waals surface area contributed by atoms with E-state index < -0.39 is 11.7 Å². The van der Waals surface area contributed by atoms with Crippen LogP contribution >= 0.6 is 0 Å². The van der Waals surface area contributed by atoms with Crippen LogP contribution in [0.25, 0.3) is 0 Å². The van der Waals surface area contributed by atoms with E-state index in [2.05, 4.69) is 12.2 Å². The Kier molecular flexibility index (Phi) is 4.19. The molecule has 1 fully saturated rings. The highest BCUT2D eigenvalue weighted by Crippen LogP contribution is 2.47. The Morgan fingerprint density at radius 3 is 2.26 bits per heavy atom. The van der Waals surface area contributed by atoms with Crippen molar-refractivity contribution in [2.24, 2.45) is 5.41 Å². The fraction of sp³-hybridized carbons (Fsp3) is 0.600. The summed E-state index contributed by atoms with van der Waals surface area (Å²) in [4.78, 5) is 0. The minimum Gasteiger partial charge on any atom is -0.316 e. The molecule has 0 unspecified atom stereocenters. The fourth-order valence-electron chi connectivity index (χ4n) is 2.37. The number of nitrogens with one attached hydrogen (secondary N) is 1. The molecule has 0 atom stereocenters. The predicted octanol–water partition coefficient (Wildman–Crippen LogP) is 4.03. The predicted molar refractivity (Wildman–Crippen MR) is 70.0 cm³/mol. The van der Waals surface area contributed by atoms with E-state index >= 15 is 0 Å². The van der Waals surface area contributed by atoms with Crippen molar-refractivity contribution in [2.45, 2.75) is 38.8 Å². The second kappa shape index (κ2) is 5.53. The second-order valence-electron chi connectivity index (χ2n) is 5.55. The average Bonchev–Trinajstić information content (AvgIpc) is 3.09. The first-order valence-corrected chi connectivity index (χ1v) is 6.82. The molecule has 4 heteroatoms. The fourth-order valence-corrected chi connectivity index (χ4v) is 2.37. The first-order chi connectivity index (χ1) is 8.95. The van der Waals surface area contributed by atoms with Gasteiger partial charge in [0.1, 0.15) is 0 Å². The van der Waals surface area contributed by atoms with E-state index in [-0.39, 0.29) is 5.41 Å². The van der Waals surface area contributed by atoms with Gasteiger partial charge in [0, 0.05) is 6.54 Å². The molecule has 1 aromatic rings. The Bertz CT molecular complexity index is 404. The van der Waals surface area contributed by atoms with Crippen molar-refractivity contribution in [1.82, 2.24) is 5.32 Å². The van der Waals surface area contributed by atoms with Gasteiger partial charge in [-0.3, -0.25) is 0 Å². The molecular formula is C15H20F3N. The van der Waals surface area contributed by atoms with Crippen molar-refractivity contribution >= 4 is 0 Å². The van der Waals surface area contributed by atoms with E-state index in [0.29, 0.717) is 0 Å². The number of hydrogen-bond donors (Lipinski definition) is 1. The van der Waals surface area contributed by atoms with Crippen LogP contribution in [0.4, 0.5) is 13.2 Å². The molecule has 0 radical (unpaired) electrons. The van der Waals surface area contributed by atoms with Crippen molar-refractivity contribution in [2.75, 3.05) is 13.1 Å². The Labute approximate surface area is 112 Å². The van der Waals surface area contributed by atoms with Gasteiger partial charge < -0.3 is 5.32 Å². The minimum absolute atomic E-state index is 0.287. The van der Waals surface area contributed by atoms with E-state index in [9.17, 15) is 13.2 Å². The summed E-state index contributed by atoms with van der Waals surface area (Å²) >= 11 is 0. The lowest BCUT2D eigenvalue weighted by Crippen LogP contribution is -2.26. The maximum atomic E-state index is 12.5. The van der Waals surface area contributed by atoms with Crippen molar-refractivity contribution in [1.29, 1.82) is 0 Å². The number of halogens is 3. The van der Waals surface area contributed by atoms with Crippen molar-refractivity contribution in [3.05, 3.63) is 35.4 Å². The van der Waals surface area contributed by atoms with Crippen molar-refractivity contribution in [3.63, 3.8) is 0 Å². The lowest BCUT2D eigenvalue weighted by atomic mass is 9.95. The van der Waals surface area contributed by atoms with Crippen LogP contribution in [0.5, 0.6) is 0 Å². The molecule has 0 heterocycles. The van der Waals surface area contributed by atoms with Crippen LogP contribution in [0.3, 0.4) is 0 Å². The lowest BCUT2D eigenvalue weighted by molar-refractivity contribution is -0.137. The standard InChI is InChI=1S/C15H20F3N/c1-2-9-19-11-14(7-8-14)10-12-3-5-13(6-4-12)15(16,17)18/h3-6,19H,2,7-11H2,1H3. The van der Waals surface area contributed by atoms with Gasteiger partial charge in [0.05, 0.1) is 5.56 Å². The molecule has 0 saturated heterocycles. The molecule has 1 nitrogen and oxygen atoms in total. The van der Waals surface area contributed by atoms with Gasteiger partial charge in [0.2, 0.25) is 0 Å². The van der Waals surface area contributed by atoms with Crippen LogP contribution in [0, 0.1) is 5.41 Å². The van der Waals surface area contributed by atoms with Gasteiger partial charge in [-0.2, -0.15) is 13.2 Å². The van der Waals surface area contributed by atoms with Gasteiger partial charge in [-0.15, -0.1) is 0 Å². The molecule has 1 aliphatic carbocycles. The highest BCUT2D eigenvalue weighted by molar-refractivity contribution is 5.26. The van der Waals surface area contributed by atoms with E-state index in [0.717, 1.165) is 31.5 Å². The van der Waals surface area contributed by atoms with E-state index in [1.54, 1.807) is 12.1 Å². The third-order valence-corrected chi connectivity index (χ3v) is 3.74. The molecule has 2 rings (SSSR count). The lowest BCUT2D eigenvalue weighted by Gasteiger charge is -2.16. The average molecular weight is 271 g/mol. The van der Waals surface area contributed by atoms with Crippen LogP contribution < -0.4 is 5.32 Å². The van der Waals surface area contributed by atoms with Gasteiger partial charge in [-0.1, -0.05) is 19.1 Å². The topological polar surface area (TPSA) is 12.0 Å². The smallest absolute Gasteiger partial charge is 0.316 e. The quantitative estimate of drug-likeness (QED) is 0.770. The van der Waals surface area contributed by atoms with Crippen LogP contribution in [0.1, 0.15) is 37.3 Å². The zero-order chi connectivity index (χ0) is 13.9. The molecule has 0 aromatic heterocycles. The monoisotopic (exact) mass is 271 g/mol. The van der Waals surface area contributed by atoms with Gasteiger partial charge in [0.15, 0.2) is 0 Å². The summed E-state index contributed by atoms with van der Waals surface area (Å²) < 4.78 is 37.4. The zero-order valence-corrected chi connectivity index (χ0v) is 11.2. The van der Waals surface area contributed by atoms with Crippen molar-refractivity contribution in [3.8, 4) is 0 Å². The summed E-state index contributed by atoms with van der Waals surface area (Å²) in [5.41, 5.74) is 0.726. The molecule has 0 amide bonds. The maximum Gasteiger partial charge on any atom is 0.416 e. The largest absolute Gasteiger partial charge is 0.416 e. The summed E-state index contributed by atoms with van der Waals surface area (Å²) in [6.07, 6.45) is 0.0894. The Morgan fingerprint density at radius 2 is 1.79 bits per heavy atom. The molecule has 1 aromatic carbocycles. The summed E-state index contributed by atoms with van der Waals surface area (Å²) in [7, 11) is 0. The second-order valence-corrected chi connectivity index (χ2v) is 5.55. The summed E-state index contributed by atoms with van der Waals surface area (Å²) in [6, 6.07) is 5.60. The molecule has 106 valence electrons. The third kappa shape index (κ3) is 3.96. The first-order valence-electron chi connectivity index (χ1n) is 6.82. The number of alkyl halides is 3. The van der Waals surface area contributed by atoms with E-state index in [1.807, 2.05) is 0 Å². The molecule has 1 N–H and O–H groups in total. The SMILES string of the molecule is CCCNCC1(Cc2ccc(C(F)(F)F)cc2)CC1. The van der Waals surface area contributed by atoms with Gasteiger partial charge in [-0.05, 0) is 55.3 Å². The summed E-state index contributed by atoms with van der Waals surface area (Å²) in [5.74, 6) is 0.